The molecule has 53 heavy (non-hydrogen) atoms. The number of unbranched alkanes of at least 4 members (excludes halogenated alkanes) is 25. The van der Waals surface area contributed by atoms with Crippen LogP contribution in [0.2, 0.25) is 0 Å². The van der Waals surface area contributed by atoms with Crippen molar-refractivity contribution in [1.29, 1.82) is 0 Å². The second-order valence-electron chi connectivity index (χ2n) is 16.4. The van der Waals surface area contributed by atoms with Gasteiger partial charge in [-0.3, -0.25) is 13.8 Å². The summed E-state index contributed by atoms with van der Waals surface area (Å²) in [5.74, 6) is -0.186. The van der Waals surface area contributed by atoms with E-state index in [1.807, 2.05) is 27.2 Å². The fourth-order valence-corrected chi connectivity index (χ4v) is 7.07. The fourth-order valence-electron chi connectivity index (χ4n) is 6.33. The molecule has 0 heterocycles. The Morgan fingerprint density at radius 2 is 1.02 bits per heavy atom. The molecule has 3 atom stereocenters. The average Bonchev–Trinajstić information content (AvgIpc) is 3.10. The SMILES string of the molecule is CCCCCC/C=C\CCCCCCCC(=O)NC(COP(=O)(O)OCC[N+](C)(C)C)C(O)/C=C/CCCCCCCCCCCCCCCCCC. The van der Waals surface area contributed by atoms with Crippen LogP contribution in [0, 0.1) is 0 Å². The summed E-state index contributed by atoms with van der Waals surface area (Å²) in [6.07, 6.45) is 42.4. The van der Waals surface area contributed by atoms with Crippen LogP contribution in [0.5, 0.6) is 0 Å². The van der Waals surface area contributed by atoms with Gasteiger partial charge in [-0.2, -0.15) is 0 Å². The molecular formula is C44H88N2O6P+. The first-order valence-electron chi connectivity index (χ1n) is 22.2. The van der Waals surface area contributed by atoms with Crippen LogP contribution in [0.3, 0.4) is 0 Å². The van der Waals surface area contributed by atoms with Gasteiger partial charge in [-0.25, -0.2) is 4.57 Å². The van der Waals surface area contributed by atoms with Crippen LogP contribution in [-0.4, -0.2) is 73.4 Å². The third-order valence-electron chi connectivity index (χ3n) is 9.92. The topological polar surface area (TPSA) is 105 Å². The number of rotatable bonds is 40. The van der Waals surface area contributed by atoms with Gasteiger partial charge in [-0.1, -0.05) is 173 Å². The lowest BCUT2D eigenvalue weighted by molar-refractivity contribution is -0.870. The van der Waals surface area contributed by atoms with Crippen LogP contribution in [0.25, 0.3) is 0 Å². The molecule has 0 bridgehead atoms. The van der Waals surface area contributed by atoms with E-state index in [-0.39, 0.29) is 19.1 Å². The number of likely N-dealkylation sites (N-methyl/N-ethyl adjacent to an activating group) is 1. The number of amides is 1. The summed E-state index contributed by atoms with van der Waals surface area (Å²) in [6.45, 7) is 4.79. The molecule has 0 aromatic carbocycles. The largest absolute Gasteiger partial charge is 0.472 e. The number of aliphatic hydroxyl groups excluding tert-OH is 1. The zero-order valence-electron chi connectivity index (χ0n) is 35.5. The lowest BCUT2D eigenvalue weighted by atomic mass is 10.0. The molecule has 0 spiro atoms. The zero-order chi connectivity index (χ0) is 39.3. The summed E-state index contributed by atoms with van der Waals surface area (Å²) in [5, 5.41) is 13.8. The van der Waals surface area contributed by atoms with Gasteiger partial charge in [0, 0.05) is 6.42 Å². The summed E-state index contributed by atoms with van der Waals surface area (Å²) in [5.41, 5.74) is 0. The van der Waals surface area contributed by atoms with Gasteiger partial charge in [0.1, 0.15) is 13.2 Å². The van der Waals surface area contributed by atoms with Crippen molar-refractivity contribution in [3.63, 3.8) is 0 Å². The van der Waals surface area contributed by atoms with E-state index in [0.29, 0.717) is 17.4 Å². The van der Waals surface area contributed by atoms with Crippen LogP contribution < -0.4 is 5.32 Å². The Bertz CT molecular complexity index is 922. The van der Waals surface area contributed by atoms with E-state index in [0.717, 1.165) is 51.4 Å². The van der Waals surface area contributed by atoms with Crippen molar-refractivity contribution >= 4 is 13.7 Å². The molecule has 0 aromatic rings. The van der Waals surface area contributed by atoms with Gasteiger partial charge in [-0.15, -0.1) is 0 Å². The Morgan fingerprint density at radius 1 is 0.623 bits per heavy atom. The maximum Gasteiger partial charge on any atom is 0.472 e. The van der Waals surface area contributed by atoms with Crippen LogP contribution in [0.1, 0.15) is 200 Å². The predicted molar refractivity (Wildman–Crippen MR) is 226 cm³/mol. The molecule has 314 valence electrons. The van der Waals surface area contributed by atoms with E-state index in [9.17, 15) is 19.4 Å². The highest BCUT2D eigenvalue weighted by molar-refractivity contribution is 7.47. The summed E-state index contributed by atoms with van der Waals surface area (Å²) < 4.78 is 23.5. The van der Waals surface area contributed by atoms with Crippen molar-refractivity contribution in [3.05, 3.63) is 24.3 Å². The first-order valence-corrected chi connectivity index (χ1v) is 23.7. The van der Waals surface area contributed by atoms with E-state index in [2.05, 4.69) is 31.3 Å². The van der Waals surface area contributed by atoms with E-state index in [1.54, 1.807) is 6.08 Å². The predicted octanol–water partition coefficient (Wildman–Crippen LogP) is 12.1. The standard InChI is InChI=1S/C44H87N2O6P/c1-6-8-10-12-14-16-18-20-21-22-23-24-26-27-29-31-33-35-37-43(47)42(41-52-53(49,50)51-40-39-46(3,4)5)45-44(48)38-36-34-32-30-28-25-19-17-15-13-11-9-7-2/h17,19,35,37,42-43,47H,6-16,18,20-34,36,38-41H2,1-5H3,(H-,45,48,49,50)/p+1/b19-17-,37-35+. The van der Waals surface area contributed by atoms with Gasteiger partial charge in [0.15, 0.2) is 0 Å². The highest BCUT2D eigenvalue weighted by Gasteiger charge is 2.27. The molecule has 3 unspecified atom stereocenters. The van der Waals surface area contributed by atoms with Gasteiger partial charge < -0.3 is 19.8 Å². The van der Waals surface area contributed by atoms with Gasteiger partial charge in [-0.05, 0) is 44.9 Å². The maximum absolute atomic E-state index is 12.8. The number of hydrogen-bond acceptors (Lipinski definition) is 5. The summed E-state index contributed by atoms with van der Waals surface area (Å²) in [4.78, 5) is 23.1. The first-order chi connectivity index (χ1) is 25.5. The molecular weight excluding hydrogens is 683 g/mol. The number of allylic oxidation sites excluding steroid dienone is 3. The molecule has 1 amide bonds. The van der Waals surface area contributed by atoms with Crippen molar-refractivity contribution in [2.45, 2.75) is 212 Å². The summed E-state index contributed by atoms with van der Waals surface area (Å²) in [7, 11) is 1.57. The van der Waals surface area contributed by atoms with E-state index < -0.39 is 20.0 Å². The molecule has 0 aromatic heterocycles. The molecule has 0 aliphatic rings. The third-order valence-corrected chi connectivity index (χ3v) is 10.9. The van der Waals surface area contributed by atoms with Gasteiger partial charge in [0.05, 0.1) is 39.9 Å². The Labute approximate surface area is 328 Å². The molecule has 8 nitrogen and oxygen atoms in total. The first kappa shape index (κ1) is 52.0. The van der Waals surface area contributed by atoms with Crippen LogP contribution in [0.4, 0.5) is 0 Å². The lowest BCUT2D eigenvalue weighted by Gasteiger charge is -2.25. The van der Waals surface area contributed by atoms with Crippen molar-refractivity contribution in [3.8, 4) is 0 Å². The second-order valence-corrected chi connectivity index (χ2v) is 17.9. The van der Waals surface area contributed by atoms with Crippen molar-refractivity contribution in [1.82, 2.24) is 5.32 Å². The van der Waals surface area contributed by atoms with Gasteiger partial charge in [0.2, 0.25) is 5.91 Å². The Balaban J connectivity index is 4.42. The molecule has 0 radical (unpaired) electrons. The molecule has 0 aliphatic heterocycles. The molecule has 0 saturated heterocycles. The minimum absolute atomic E-state index is 0.0609. The third kappa shape index (κ3) is 39.0. The number of carbonyl (C=O) groups excluding carboxylic acids is 1. The van der Waals surface area contributed by atoms with Crippen molar-refractivity contribution in [2.75, 3.05) is 40.9 Å². The molecule has 9 heteroatoms. The number of nitrogens with one attached hydrogen (secondary N) is 1. The molecule has 0 saturated carbocycles. The van der Waals surface area contributed by atoms with E-state index >= 15 is 0 Å². The number of nitrogens with zero attached hydrogens (tertiary/aromatic N) is 1. The summed E-state index contributed by atoms with van der Waals surface area (Å²) >= 11 is 0. The number of phosphoric acid groups is 1. The van der Waals surface area contributed by atoms with E-state index in [4.69, 9.17) is 9.05 Å². The molecule has 0 rings (SSSR count). The van der Waals surface area contributed by atoms with Crippen LogP contribution >= 0.6 is 7.82 Å². The van der Waals surface area contributed by atoms with Crippen LogP contribution in [0.15, 0.2) is 24.3 Å². The minimum Gasteiger partial charge on any atom is -0.387 e. The fraction of sp³-hybridized carbons (Fsp3) is 0.886. The summed E-state index contributed by atoms with van der Waals surface area (Å²) in [6, 6.07) is -0.847. The Hall–Kier alpha value is -1.02. The minimum atomic E-state index is -4.33. The van der Waals surface area contributed by atoms with Crippen LogP contribution in [-0.2, 0) is 18.4 Å². The van der Waals surface area contributed by atoms with Crippen molar-refractivity contribution in [2.24, 2.45) is 0 Å². The normalized spacial score (nSPS) is 14.6. The highest BCUT2D eigenvalue weighted by atomic mass is 31.2. The van der Waals surface area contributed by atoms with Crippen molar-refractivity contribution < 1.29 is 32.9 Å². The number of quaternary nitrogens is 1. The Morgan fingerprint density at radius 3 is 1.47 bits per heavy atom. The number of carbonyl (C=O) groups is 1. The van der Waals surface area contributed by atoms with Gasteiger partial charge >= 0.3 is 7.82 Å². The molecule has 0 aliphatic carbocycles. The average molecular weight is 772 g/mol. The van der Waals surface area contributed by atoms with E-state index in [1.165, 1.54) is 128 Å². The monoisotopic (exact) mass is 772 g/mol. The van der Waals surface area contributed by atoms with Gasteiger partial charge in [0.25, 0.3) is 0 Å². The molecule has 0 fully saturated rings. The number of aliphatic hydroxyl groups is 1. The zero-order valence-corrected chi connectivity index (χ0v) is 36.4. The molecule has 3 N–H and O–H groups in total. The number of hydrogen-bond donors (Lipinski definition) is 3. The number of phosphoric ester groups is 1. The maximum atomic E-state index is 12.8. The lowest BCUT2D eigenvalue weighted by Crippen LogP contribution is -2.45. The Kier molecular flexibility index (Phi) is 35.9. The smallest absolute Gasteiger partial charge is 0.387 e. The highest BCUT2D eigenvalue weighted by Crippen LogP contribution is 2.43. The second kappa shape index (κ2) is 36.6. The quantitative estimate of drug-likeness (QED) is 0.0248.